The topological polar surface area (TPSA) is 93.5 Å². The first-order valence-corrected chi connectivity index (χ1v) is 21.4. The molecule has 2 heterocycles. The Balaban J connectivity index is 1.27. The van der Waals surface area contributed by atoms with Crippen LogP contribution in [0, 0.1) is 17.3 Å². The van der Waals surface area contributed by atoms with E-state index in [1.54, 1.807) is 0 Å². The molecule has 3 aliphatic carbocycles. The van der Waals surface area contributed by atoms with Gasteiger partial charge in [-0.05, 0) is 130 Å². The number of carbonyl (C=O) groups excluding carboxylic acids is 1. The van der Waals surface area contributed by atoms with Crippen molar-refractivity contribution in [2.75, 3.05) is 26.2 Å². The number of hydrogen-bond acceptors (Lipinski definition) is 5. The van der Waals surface area contributed by atoms with Crippen molar-refractivity contribution in [3.05, 3.63) is 65.2 Å². The highest BCUT2D eigenvalue weighted by atomic mass is 28.4. The number of piperidine rings is 1. The number of fused-ring (bicyclic) bond motifs is 1. The van der Waals surface area contributed by atoms with E-state index in [0.717, 1.165) is 56.5 Å². The second-order valence-electron chi connectivity index (χ2n) is 18.4. The van der Waals surface area contributed by atoms with Gasteiger partial charge < -0.3 is 24.4 Å². The summed E-state index contributed by atoms with van der Waals surface area (Å²) in [5, 5.41) is 21.5. The van der Waals surface area contributed by atoms with Gasteiger partial charge in [-0.2, -0.15) is 0 Å². The van der Waals surface area contributed by atoms with E-state index >= 15 is 0 Å². The molecule has 266 valence electrons. The first-order valence-electron chi connectivity index (χ1n) is 18.5. The zero-order valence-corrected chi connectivity index (χ0v) is 31.8. The smallest absolute Gasteiger partial charge is 0.407 e. The Bertz CT molecular complexity index is 1620. The summed E-state index contributed by atoms with van der Waals surface area (Å²) in [7, 11) is -2.07. The minimum absolute atomic E-state index is 0.0395. The van der Waals surface area contributed by atoms with Gasteiger partial charge in [0.25, 0.3) is 5.91 Å². The highest BCUT2D eigenvalue weighted by Crippen LogP contribution is 2.75. The minimum Gasteiger partial charge on any atom is -0.543 e. The third kappa shape index (κ3) is 5.27. The van der Waals surface area contributed by atoms with Crippen molar-refractivity contribution in [3.63, 3.8) is 0 Å². The molecule has 2 saturated carbocycles. The largest absolute Gasteiger partial charge is 0.543 e. The minimum atomic E-state index is -2.07. The number of hydrogen-bond donors (Lipinski definition) is 2. The molecule has 2 saturated heterocycles. The van der Waals surface area contributed by atoms with Gasteiger partial charge in [-0.3, -0.25) is 9.69 Å². The number of carbonyl (C=O) groups is 2. The summed E-state index contributed by atoms with van der Waals surface area (Å²) in [6.45, 7) is 19.3. The maximum Gasteiger partial charge on any atom is 0.407 e. The predicted molar refractivity (Wildman–Crippen MR) is 195 cm³/mol. The Hall–Kier alpha value is -2.88. The van der Waals surface area contributed by atoms with E-state index in [-0.39, 0.29) is 40.4 Å². The third-order valence-electron chi connectivity index (χ3n) is 13.9. The second-order valence-corrected chi connectivity index (χ2v) is 23.1. The van der Waals surface area contributed by atoms with E-state index in [1.165, 1.54) is 16.0 Å². The van der Waals surface area contributed by atoms with Crippen molar-refractivity contribution in [2.45, 2.75) is 121 Å². The molecule has 0 spiro atoms. The molecule has 2 amide bonds. The van der Waals surface area contributed by atoms with E-state index in [1.807, 2.05) is 51.1 Å². The fourth-order valence-corrected chi connectivity index (χ4v) is 12.0. The van der Waals surface area contributed by atoms with Gasteiger partial charge in [0.05, 0.1) is 12.6 Å². The van der Waals surface area contributed by atoms with Crippen LogP contribution in [0.1, 0.15) is 88.7 Å². The van der Waals surface area contributed by atoms with Crippen LogP contribution in [-0.4, -0.2) is 95.1 Å². The summed E-state index contributed by atoms with van der Waals surface area (Å²) in [5.41, 5.74) is 2.98. The molecule has 2 aromatic rings. The van der Waals surface area contributed by atoms with Crippen molar-refractivity contribution >= 4 is 20.3 Å². The van der Waals surface area contributed by atoms with Crippen LogP contribution in [-0.2, 0) is 11.8 Å². The predicted octanol–water partition coefficient (Wildman–Crippen LogP) is 7.02. The summed E-state index contributed by atoms with van der Waals surface area (Å²) in [4.78, 5) is 32.3. The number of aliphatic hydroxyl groups excluding tert-OH is 1. The van der Waals surface area contributed by atoms with E-state index in [2.05, 4.69) is 61.9 Å². The lowest BCUT2D eigenvalue weighted by molar-refractivity contribution is -0.110. The average Bonchev–Trinajstić information content (AvgIpc) is 3.46. The molecular formula is C40H57N3O5Si. The molecule has 2 N–H and O–H groups in total. The lowest BCUT2D eigenvalue weighted by Gasteiger charge is -2.66. The fourth-order valence-electron chi connectivity index (χ4n) is 11.0. The Morgan fingerprint density at radius 2 is 1.78 bits per heavy atom. The number of amides is 2. The Kier molecular flexibility index (Phi) is 8.16. The van der Waals surface area contributed by atoms with Gasteiger partial charge in [0.2, 0.25) is 8.32 Å². The van der Waals surface area contributed by atoms with Crippen LogP contribution in [0.3, 0.4) is 0 Å². The monoisotopic (exact) mass is 687 g/mol. The molecule has 4 bridgehead atoms. The number of aliphatic hydroxyl groups is 1. The van der Waals surface area contributed by atoms with Gasteiger partial charge in [-0.25, -0.2) is 4.79 Å². The summed E-state index contributed by atoms with van der Waals surface area (Å²) in [5.74, 6) is 1.95. The fraction of sp³-hybridized carbons (Fsp3) is 0.650. The normalized spacial score (nSPS) is 31.2. The quantitative estimate of drug-likeness (QED) is 0.304. The maximum atomic E-state index is 14.1. The van der Waals surface area contributed by atoms with Gasteiger partial charge in [-0.1, -0.05) is 45.0 Å². The number of carboxylic acid groups (broad SMARTS) is 1. The van der Waals surface area contributed by atoms with Crippen molar-refractivity contribution in [1.29, 1.82) is 0 Å². The van der Waals surface area contributed by atoms with Gasteiger partial charge in [-0.15, -0.1) is 0 Å². The number of benzene rings is 2. The van der Waals surface area contributed by atoms with Crippen LogP contribution in [0.4, 0.5) is 4.79 Å². The summed E-state index contributed by atoms with van der Waals surface area (Å²) in [6, 6.07) is 17.2. The van der Waals surface area contributed by atoms with Crippen LogP contribution in [0.2, 0.25) is 18.1 Å². The maximum absolute atomic E-state index is 14.1. The lowest BCUT2D eigenvalue weighted by Crippen LogP contribution is -2.70. The van der Waals surface area contributed by atoms with Crippen molar-refractivity contribution in [3.8, 4) is 5.75 Å². The molecule has 7 atom stereocenters. The molecule has 9 heteroatoms. The van der Waals surface area contributed by atoms with Crippen LogP contribution >= 0.6 is 0 Å². The van der Waals surface area contributed by atoms with Crippen molar-refractivity contribution < 1.29 is 24.2 Å². The molecule has 2 aromatic carbocycles. The molecule has 2 aliphatic heterocycles. The zero-order valence-electron chi connectivity index (χ0n) is 30.8. The Morgan fingerprint density at radius 1 is 1.06 bits per heavy atom. The summed E-state index contributed by atoms with van der Waals surface area (Å²) in [6.07, 6.45) is 3.25. The Labute approximate surface area is 293 Å². The second kappa shape index (κ2) is 11.6. The number of rotatable bonds is 7. The van der Waals surface area contributed by atoms with Crippen molar-refractivity contribution in [2.24, 2.45) is 17.3 Å². The molecule has 5 aliphatic rings. The molecule has 0 radical (unpaired) electrons. The van der Waals surface area contributed by atoms with Crippen molar-refractivity contribution in [1.82, 2.24) is 14.7 Å². The number of nitrogens with zero attached hydrogens (tertiary/aromatic N) is 3. The molecule has 1 unspecified atom stereocenters. The molecule has 8 nitrogen and oxygen atoms in total. The van der Waals surface area contributed by atoms with E-state index < -0.39 is 26.1 Å². The first kappa shape index (κ1) is 34.6. The molecule has 4 fully saturated rings. The Morgan fingerprint density at radius 3 is 2.43 bits per heavy atom. The average molecular weight is 688 g/mol. The summed E-state index contributed by atoms with van der Waals surface area (Å²) >= 11 is 0. The highest BCUT2D eigenvalue weighted by Gasteiger charge is 2.76. The van der Waals surface area contributed by atoms with Crippen LogP contribution in [0.5, 0.6) is 5.75 Å². The van der Waals surface area contributed by atoms with Gasteiger partial charge >= 0.3 is 6.09 Å². The molecular weight excluding hydrogens is 631 g/mol. The zero-order chi connectivity index (χ0) is 35.3. The van der Waals surface area contributed by atoms with E-state index in [4.69, 9.17) is 4.43 Å². The first-order chi connectivity index (χ1) is 22.9. The number of β-amino-alcohol motifs (C(OH)–C–C–N with tert-alkyl or cyclic N) is 1. The van der Waals surface area contributed by atoms with Gasteiger partial charge in [0, 0.05) is 41.7 Å². The standard InChI is InChI=1S/C40H57N3O5Si/c1-37(2,3)43(36(46)47)25-29(44)24-41-19-18-40-31-21-30(48-49(7,8)38(4,5)6)15-14-27(31)20-33(41)39(40)17-16-32-34(40)28(22-39)23-42(32)35(45)26-12-10-9-11-13-26/h9-15,21,28-29,32-34,44H,16-20,22-25H2,1-8H3,(H,46,47)/t28-,29?,32-,33-,34-,39-,40+/m1/s1. The third-order valence-corrected chi connectivity index (χ3v) is 18.3. The molecule has 7 rings (SSSR count). The molecule has 49 heavy (non-hydrogen) atoms. The van der Waals surface area contributed by atoms with E-state index in [0.29, 0.717) is 18.4 Å². The van der Waals surface area contributed by atoms with E-state index in [9.17, 15) is 19.8 Å². The van der Waals surface area contributed by atoms with Gasteiger partial charge in [0.15, 0.2) is 0 Å². The molecule has 0 aromatic heterocycles. The number of likely N-dealkylation sites (tertiary alicyclic amines) is 2. The van der Waals surface area contributed by atoms with Crippen LogP contribution in [0.25, 0.3) is 0 Å². The SMILES string of the molecule is CC(C)(C)N(CC(O)CN1CC[C@@]23c4cc(O[Si](C)(C)C(C)(C)C)ccc4C[C@@H]1[C@]21CC[C@@H]2[C@H]3[C@@H](CN2C(=O)c2ccccc2)C1)C(=O)O. The highest BCUT2D eigenvalue weighted by molar-refractivity contribution is 6.74. The lowest BCUT2D eigenvalue weighted by atomic mass is 9.43. The van der Waals surface area contributed by atoms with Crippen LogP contribution < -0.4 is 4.43 Å². The summed E-state index contributed by atoms with van der Waals surface area (Å²) < 4.78 is 6.96. The van der Waals surface area contributed by atoms with Crippen LogP contribution in [0.15, 0.2) is 48.5 Å². The van der Waals surface area contributed by atoms with Gasteiger partial charge in [0.1, 0.15) is 5.75 Å².